The molecule has 0 radical (unpaired) electrons. The zero-order valence-electron chi connectivity index (χ0n) is 13.3. The fraction of sp³-hybridized carbons (Fsp3) is 0.158. The summed E-state index contributed by atoms with van der Waals surface area (Å²) in [6.45, 7) is 1.99. The van der Waals surface area contributed by atoms with Gasteiger partial charge in [-0.1, -0.05) is 48.5 Å². The van der Waals surface area contributed by atoms with Gasteiger partial charge in [-0.25, -0.2) is 0 Å². The van der Waals surface area contributed by atoms with Crippen molar-refractivity contribution in [3.05, 3.63) is 71.9 Å². The number of carbonyl (C=O) groups excluding carboxylic acids is 1. The maximum Gasteiger partial charge on any atom is 0.325 e. The Hall–Kier alpha value is -3.08. The summed E-state index contributed by atoms with van der Waals surface area (Å²) in [5.74, 6) is -1.45. The van der Waals surface area contributed by atoms with Gasteiger partial charge in [0.25, 0.3) is 5.91 Å². The Labute approximate surface area is 139 Å². The molecule has 0 saturated carbocycles. The van der Waals surface area contributed by atoms with Gasteiger partial charge in [0.2, 0.25) is 0 Å². The summed E-state index contributed by atoms with van der Waals surface area (Å²) < 4.78 is 1.91. The molecule has 122 valence electrons. The first kappa shape index (κ1) is 15.8. The van der Waals surface area contributed by atoms with Crippen molar-refractivity contribution in [2.75, 3.05) is 0 Å². The quantitative estimate of drug-likeness (QED) is 0.759. The van der Waals surface area contributed by atoms with Crippen molar-refractivity contribution in [3.63, 3.8) is 0 Å². The summed E-state index contributed by atoms with van der Waals surface area (Å²) in [5.41, 5.74) is 2.46. The maximum atomic E-state index is 12.5. The monoisotopic (exact) mass is 322 g/mol. The topological polar surface area (TPSA) is 71.3 Å². The molecular weight excluding hydrogens is 304 g/mol. The van der Waals surface area contributed by atoms with Crippen molar-refractivity contribution in [1.82, 2.24) is 9.88 Å². The van der Waals surface area contributed by atoms with Gasteiger partial charge in [-0.05, 0) is 24.6 Å². The Balaban J connectivity index is 2.02. The first-order valence-corrected chi connectivity index (χ1v) is 7.72. The number of nitrogens with zero attached hydrogens (tertiary/aromatic N) is 1. The number of para-hydroxylation sites is 1. The Morgan fingerprint density at radius 1 is 1.08 bits per heavy atom. The van der Waals surface area contributed by atoms with Gasteiger partial charge in [-0.3, -0.25) is 9.59 Å². The highest BCUT2D eigenvalue weighted by Gasteiger charge is 2.20. The van der Waals surface area contributed by atoms with Crippen LogP contribution in [0.2, 0.25) is 0 Å². The van der Waals surface area contributed by atoms with E-state index in [1.54, 1.807) is 6.07 Å². The largest absolute Gasteiger partial charge is 0.480 e. The van der Waals surface area contributed by atoms with Crippen LogP contribution in [0.25, 0.3) is 10.9 Å². The van der Waals surface area contributed by atoms with Gasteiger partial charge >= 0.3 is 5.97 Å². The highest BCUT2D eigenvalue weighted by molar-refractivity contribution is 6.00. The molecule has 1 aromatic heterocycles. The number of carbonyl (C=O) groups is 2. The van der Waals surface area contributed by atoms with Crippen molar-refractivity contribution in [3.8, 4) is 0 Å². The van der Waals surface area contributed by atoms with Crippen LogP contribution in [-0.4, -0.2) is 27.6 Å². The number of hydrogen-bond acceptors (Lipinski definition) is 2. The number of benzene rings is 2. The number of carboxylic acid groups (broad SMARTS) is 1. The summed E-state index contributed by atoms with van der Waals surface area (Å²) in [7, 11) is 0. The van der Waals surface area contributed by atoms with Crippen LogP contribution in [0.4, 0.5) is 0 Å². The van der Waals surface area contributed by atoms with Crippen LogP contribution >= 0.6 is 0 Å². The summed E-state index contributed by atoms with van der Waals surface area (Å²) in [6, 6.07) is 18.4. The van der Waals surface area contributed by atoms with E-state index in [0.717, 1.165) is 16.5 Å². The van der Waals surface area contributed by atoms with Crippen molar-refractivity contribution in [2.45, 2.75) is 19.5 Å². The van der Waals surface area contributed by atoms with Gasteiger partial charge in [0.15, 0.2) is 0 Å². The van der Waals surface area contributed by atoms with Crippen LogP contribution in [0.1, 0.15) is 23.0 Å². The molecule has 0 saturated heterocycles. The van der Waals surface area contributed by atoms with Gasteiger partial charge < -0.3 is 15.0 Å². The molecule has 3 aromatic rings. The van der Waals surface area contributed by atoms with E-state index in [9.17, 15) is 9.59 Å². The average Bonchev–Trinajstić information content (AvgIpc) is 2.94. The second kappa shape index (κ2) is 6.58. The summed E-state index contributed by atoms with van der Waals surface area (Å²) in [6.07, 6.45) is 0. The molecule has 0 aliphatic heterocycles. The molecule has 2 N–H and O–H groups in total. The van der Waals surface area contributed by atoms with E-state index in [4.69, 9.17) is 5.11 Å². The fourth-order valence-corrected chi connectivity index (χ4v) is 2.67. The number of fused-ring (bicyclic) bond motifs is 1. The lowest BCUT2D eigenvalue weighted by Gasteiger charge is -2.13. The van der Waals surface area contributed by atoms with Gasteiger partial charge in [0.1, 0.15) is 11.7 Å². The van der Waals surface area contributed by atoms with Gasteiger partial charge in [-0.2, -0.15) is 0 Å². The van der Waals surface area contributed by atoms with E-state index in [1.807, 2.05) is 59.2 Å². The van der Waals surface area contributed by atoms with Crippen LogP contribution in [0.5, 0.6) is 0 Å². The lowest BCUT2D eigenvalue weighted by Crippen LogP contribution is -2.39. The first-order chi connectivity index (χ1) is 11.6. The Kier molecular flexibility index (Phi) is 4.33. The smallest absolute Gasteiger partial charge is 0.325 e. The molecule has 0 bridgehead atoms. The van der Waals surface area contributed by atoms with Crippen LogP contribution in [0.3, 0.4) is 0 Å². The third-order valence-electron chi connectivity index (χ3n) is 3.94. The minimum Gasteiger partial charge on any atom is -0.480 e. The third kappa shape index (κ3) is 3.15. The number of nitrogens with one attached hydrogen (secondary N) is 1. The van der Waals surface area contributed by atoms with Crippen LogP contribution < -0.4 is 5.32 Å². The van der Waals surface area contributed by atoms with Crippen LogP contribution in [0.15, 0.2) is 60.7 Å². The second-order valence-electron chi connectivity index (χ2n) is 5.69. The highest BCUT2D eigenvalue weighted by Crippen LogP contribution is 2.21. The highest BCUT2D eigenvalue weighted by atomic mass is 16.4. The van der Waals surface area contributed by atoms with E-state index < -0.39 is 17.9 Å². The molecule has 0 aliphatic carbocycles. The molecule has 1 unspecified atom stereocenters. The fourth-order valence-electron chi connectivity index (χ4n) is 2.67. The predicted molar refractivity (Wildman–Crippen MR) is 92.0 cm³/mol. The number of carboxylic acids is 1. The lowest BCUT2D eigenvalue weighted by molar-refractivity contribution is -0.138. The summed E-state index contributed by atoms with van der Waals surface area (Å²) in [5, 5.41) is 12.5. The predicted octanol–water partition coefficient (Wildman–Crippen LogP) is 2.89. The molecule has 5 nitrogen and oxygen atoms in total. The molecular formula is C19H18N2O3. The van der Waals surface area contributed by atoms with Crippen LogP contribution in [0, 0.1) is 0 Å². The van der Waals surface area contributed by atoms with Crippen molar-refractivity contribution < 1.29 is 14.7 Å². The average molecular weight is 322 g/mol. The number of amides is 1. The molecule has 1 amide bonds. The van der Waals surface area contributed by atoms with E-state index in [2.05, 4.69) is 5.32 Å². The number of aliphatic carboxylic acids is 1. The zero-order valence-corrected chi connectivity index (χ0v) is 13.3. The Morgan fingerprint density at radius 2 is 1.75 bits per heavy atom. The molecule has 2 aromatic carbocycles. The molecule has 0 spiro atoms. The molecule has 0 aliphatic rings. The van der Waals surface area contributed by atoms with Crippen molar-refractivity contribution in [1.29, 1.82) is 0 Å². The van der Waals surface area contributed by atoms with Gasteiger partial charge in [0.05, 0.1) is 0 Å². The summed E-state index contributed by atoms with van der Waals surface area (Å²) in [4.78, 5) is 23.5. The number of hydrogen-bond donors (Lipinski definition) is 2. The standard InChI is InChI=1S/C19H18N2O3/c1-13(19(23)24)20-18(22)17-11-15-9-5-6-10-16(15)21(17)12-14-7-3-2-4-8-14/h2-11,13H,12H2,1H3,(H,20,22)(H,23,24). The minimum absolute atomic E-state index is 0.392. The Morgan fingerprint density at radius 3 is 2.46 bits per heavy atom. The van der Waals surface area contributed by atoms with Gasteiger partial charge in [0, 0.05) is 17.4 Å². The molecule has 5 heteroatoms. The normalized spacial score (nSPS) is 12.0. The molecule has 0 fully saturated rings. The maximum absolute atomic E-state index is 12.5. The molecule has 1 atom stereocenters. The molecule has 24 heavy (non-hydrogen) atoms. The number of rotatable bonds is 5. The van der Waals surface area contributed by atoms with E-state index in [0.29, 0.717) is 12.2 Å². The molecule has 3 rings (SSSR count). The Bertz CT molecular complexity index is 884. The molecule has 1 heterocycles. The second-order valence-corrected chi connectivity index (χ2v) is 5.69. The first-order valence-electron chi connectivity index (χ1n) is 7.72. The van der Waals surface area contributed by atoms with Gasteiger partial charge in [-0.15, -0.1) is 0 Å². The van der Waals surface area contributed by atoms with Crippen molar-refractivity contribution >= 4 is 22.8 Å². The number of aromatic nitrogens is 1. The van der Waals surface area contributed by atoms with E-state index in [-0.39, 0.29) is 0 Å². The summed E-state index contributed by atoms with van der Waals surface area (Å²) >= 11 is 0. The minimum atomic E-state index is -1.06. The SMILES string of the molecule is CC(NC(=O)c1cc2ccccc2n1Cc1ccccc1)C(=O)O. The van der Waals surface area contributed by atoms with E-state index in [1.165, 1.54) is 6.92 Å². The lowest BCUT2D eigenvalue weighted by atomic mass is 10.2. The van der Waals surface area contributed by atoms with Crippen LogP contribution in [-0.2, 0) is 11.3 Å². The third-order valence-corrected chi connectivity index (χ3v) is 3.94. The zero-order chi connectivity index (χ0) is 17.1. The van der Waals surface area contributed by atoms with E-state index >= 15 is 0 Å². The van der Waals surface area contributed by atoms with Crippen molar-refractivity contribution in [2.24, 2.45) is 0 Å².